The Morgan fingerprint density at radius 1 is 1.08 bits per heavy atom. The third kappa shape index (κ3) is 5.17. The van der Waals surface area contributed by atoms with E-state index in [2.05, 4.69) is 24.1 Å². The molecule has 1 N–H and O–H groups in total. The molecule has 3 unspecified atom stereocenters. The minimum atomic E-state index is -1.03. The highest BCUT2D eigenvalue weighted by Gasteiger charge is 2.47. The monoisotopic (exact) mass is 516 g/mol. The van der Waals surface area contributed by atoms with Gasteiger partial charge >= 0.3 is 0 Å². The molecule has 3 heterocycles. The van der Waals surface area contributed by atoms with Crippen molar-refractivity contribution in [3.8, 4) is 5.75 Å². The van der Waals surface area contributed by atoms with Gasteiger partial charge in [0.1, 0.15) is 17.0 Å². The molecule has 0 saturated carbocycles. The molecule has 0 aliphatic carbocycles. The molecular weight excluding hydrogens is 476 g/mol. The molecule has 1 fully saturated rings. The van der Waals surface area contributed by atoms with Crippen molar-refractivity contribution in [2.24, 2.45) is 11.8 Å². The summed E-state index contributed by atoms with van der Waals surface area (Å²) in [7, 11) is 1.63. The first-order chi connectivity index (χ1) is 18.3. The first-order valence-corrected chi connectivity index (χ1v) is 13.8. The molecule has 0 radical (unpaired) electrons. The van der Waals surface area contributed by atoms with Crippen molar-refractivity contribution in [3.63, 3.8) is 0 Å². The van der Waals surface area contributed by atoms with Crippen LogP contribution in [0.5, 0.6) is 5.75 Å². The van der Waals surface area contributed by atoms with E-state index in [4.69, 9.17) is 4.74 Å². The number of fused-ring (bicyclic) bond motifs is 3. The van der Waals surface area contributed by atoms with Crippen LogP contribution in [0.2, 0.25) is 0 Å². The number of methoxy groups -OCH3 is 1. The Morgan fingerprint density at radius 3 is 2.50 bits per heavy atom. The van der Waals surface area contributed by atoms with E-state index < -0.39 is 5.54 Å². The summed E-state index contributed by atoms with van der Waals surface area (Å²) < 4.78 is 7.31. The summed E-state index contributed by atoms with van der Waals surface area (Å²) in [5.74, 6) is 1.97. The fourth-order valence-electron chi connectivity index (χ4n) is 6.34. The van der Waals surface area contributed by atoms with Gasteiger partial charge in [0, 0.05) is 37.1 Å². The molecule has 202 valence electrons. The zero-order valence-electron chi connectivity index (χ0n) is 23.1. The average Bonchev–Trinajstić information content (AvgIpc) is 3.27. The second-order valence-corrected chi connectivity index (χ2v) is 11.5. The number of likely N-dealkylation sites (tertiary alicyclic amines) is 1. The first-order valence-electron chi connectivity index (χ1n) is 13.8. The van der Waals surface area contributed by atoms with Gasteiger partial charge in [-0.05, 0) is 68.0 Å². The molecule has 7 heteroatoms. The van der Waals surface area contributed by atoms with Crippen LogP contribution >= 0.6 is 0 Å². The average molecular weight is 517 g/mol. The molecule has 2 aromatic carbocycles. The van der Waals surface area contributed by atoms with Gasteiger partial charge < -0.3 is 24.4 Å². The fraction of sp³-hybridized carbons (Fsp3) is 0.484. The third-order valence-electron chi connectivity index (χ3n) is 8.21. The second kappa shape index (κ2) is 10.8. The van der Waals surface area contributed by atoms with Crippen molar-refractivity contribution in [3.05, 3.63) is 65.9 Å². The van der Waals surface area contributed by atoms with Gasteiger partial charge in [0.25, 0.3) is 5.91 Å². The number of hydrogen-bond acceptors (Lipinski definition) is 4. The van der Waals surface area contributed by atoms with Crippen LogP contribution in [0.4, 0.5) is 0 Å². The Kier molecular flexibility index (Phi) is 7.48. The molecular formula is C31H40N4O3. The molecule has 3 atom stereocenters. The van der Waals surface area contributed by atoms with Crippen molar-refractivity contribution in [1.82, 2.24) is 19.7 Å². The quantitative estimate of drug-likeness (QED) is 0.446. The highest BCUT2D eigenvalue weighted by Crippen LogP contribution is 2.33. The largest absolute Gasteiger partial charge is 0.497 e. The van der Waals surface area contributed by atoms with E-state index in [-0.39, 0.29) is 11.8 Å². The number of benzene rings is 2. The number of carbonyl (C=O) groups excluding carboxylic acids is 2. The molecule has 0 spiro atoms. The smallest absolute Gasteiger partial charge is 0.271 e. The third-order valence-corrected chi connectivity index (χ3v) is 8.21. The van der Waals surface area contributed by atoms with E-state index >= 15 is 0 Å². The Hall–Kier alpha value is -3.32. The summed E-state index contributed by atoms with van der Waals surface area (Å²) in [6.45, 7) is 11.1. The van der Waals surface area contributed by atoms with Gasteiger partial charge in [-0.1, -0.05) is 44.2 Å². The predicted molar refractivity (Wildman–Crippen MR) is 150 cm³/mol. The van der Waals surface area contributed by atoms with E-state index in [1.165, 1.54) is 6.42 Å². The van der Waals surface area contributed by atoms with Crippen LogP contribution in [0.15, 0.2) is 54.6 Å². The van der Waals surface area contributed by atoms with Crippen LogP contribution in [0.3, 0.4) is 0 Å². The number of nitrogens with one attached hydrogen (secondary N) is 1. The maximum atomic E-state index is 13.9. The summed E-state index contributed by atoms with van der Waals surface area (Å²) in [6.07, 6.45) is 2.19. The Bertz CT molecular complexity index is 1290. The molecule has 0 bridgehead atoms. The van der Waals surface area contributed by atoms with Crippen LogP contribution in [0.1, 0.15) is 49.7 Å². The SMILES string of the molecule is COc1ccc(CN2C(=O)c3cc4ccccc4n3CC2(C)C(=O)NCCCN2CC(C)CC(C)C2)cc1. The molecule has 3 aromatic rings. The number of rotatable bonds is 8. The second-order valence-electron chi connectivity index (χ2n) is 11.5. The molecule has 38 heavy (non-hydrogen) atoms. The van der Waals surface area contributed by atoms with Gasteiger partial charge in [-0.15, -0.1) is 0 Å². The minimum Gasteiger partial charge on any atom is -0.497 e. The van der Waals surface area contributed by atoms with Crippen molar-refractivity contribution < 1.29 is 14.3 Å². The first kappa shape index (κ1) is 26.3. The molecule has 2 aliphatic heterocycles. The van der Waals surface area contributed by atoms with Crippen LogP contribution < -0.4 is 10.1 Å². The highest BCUT2D eigenvalue weighted by molar-refractivity contribution is 6.03. The lowest BCUT2D eigenvalue weighted by Gasteiger charge is -2.44. The van der Waals surface area contributed by atoms with E-state index in [0.29, 0.717) is 25.3 Å². The van der Waals surface area contributed by atoms with Crippen molar-refractivity contribution in [2.45, 2.75) is 52.2 Å². The normalized spacial score (nSPS) is 23.9. The van der Waals surface area contributed by atoms with Crippen LogP contribution in [0, 0.1) is 11.8 Å². The Labute approximate surface area is 225 Å². The lowest BCUT2D eigenvalue weighted by Crippen LogP contribution is -2.63. The van der Waals surface area contributed by atoms with E-state index in [1.807, 2.05) is 66.1 Å². The van der Waals surface area contributed by atoms with Gasteiger partial charge in [-0.2, -0.15) is 0 Å². The number of ether oxygens (including phenoxy) is 1. The van der Waals surface area contributed by atoms with Crippen molar-refractivity contribution >= 4 is 22.7 Å². The summed E-state index contributed by atoms with van der Waals surface area (Å²) in [5, 5.41) is 4.20. The topological polar surface area (TPSA) is 66.8 Å². The number of piperidine rings is 1. The van der Waals surface area contributed by atoms with E-state index in [1.54, 1.807) is 12.0 Å². The molecule has 7 nitrogen and oxygen atoms in total. The number of aromatic nitrogens is 1. The maximum Gasteiger partial charge on any atom is 0.271 e. The lowest BCUT2D eigenvalue weighted by molar-refractivity contribution is -0.133. The Balaban J connectivity index is 1.35. The van der Waals surface area contributed by atoms with Gasteiger partial charge in [0.05, 0.1) is 13.7 Å². The summed E-state index contributed by atoms with van der Waals surface area (Å²) in [4.78, 5) is 32.0. The maximum absolute atomic E-state index is 13.9. The fourth-order valence-corrected chi connectivity index (χ4v) is 6.34. The molecule has 5 rings (SSSR count). The number of carbonyl (C=O) groups is 2. The summed E-state index contributed by atoms with van der Waals surface area (Å²) >= 11 is 0. The number of para-hydroxylation sites is 1. The standard InChI is InChI=1S/C31H40N4O3/c1-22-16-23(2)19-33(18-22)15-7-14-32-30(37)31(3)21-34-27-9-6-5-8-25(27)17-28(34)29(36)35(31)20-24-10-12-26(38-4)13-11-24/h5-6,8-13,17,22-23H,7,14-16,18-21H2,1-4H3,(H,32,37). The van der Waals surface area contributed by atoms with Crippen LogP contribution in [-0.4, -0.2) is 65.0 Å². The predicted octanol–water partition coefficient (Wildman–Crippen LogP) is 4.55. The minimum absolute atomic E-state index is 0.108. The van der Waals surface area contributed by atoms with Crippen LogP contribution in [-0.2, 0) is 17.9 Å². The van der Waals surface area contributed by atoms with Crippen molar-refractivity contribution in [1.29, 1.82) is 0 Å². The van der Waals surface area contributed by atoms with Crippen LogP contribution in [0.25, 0.3) is 10.9 Å². The zero-order chi connectivity index (χ0) is 26.9. The lowest BCUT2D eigenvalue weighted by atomic mass is 9.92. The molecule has 2 amide bonds. The van der Waals surface area contributed by atoms with Gasteiger partial charge in [-0.3, -0.25) is 9.59 Å². The van der Waals surface area contributed by atoms with E-state index in [9.17, 15) is 9.59 Å². The van der Waals surface area contributed by atoms with Gasteiger partial charge in [0.2, 0.25) is 5.91 Å². The van der Waals surface area contributed by atoms with Gasteiger partial charge in [0.15, 0.2) is 0 Å². The highest BCUT2D eigenvalue weighted by atomic mass is 16.5. The number of nitrogens with zero attached hydrogens (tertiary/aromatic N) is 3. The molecule has 1 saturated heterocycles. The van der Waals surface area contributed by atoms with Crippen molar-refractivity contribution in [2.75, 3.05) is 33.3 Å². The van der Waals surface area contributed by atoms with E-state index in [0.717, 1.165) is 60.1 Å². The number of amides is 2. The summed E-state index contributed by atoms with van der Waals surface area (Å²) in [5.41, 5.74) is 1.53. The summed E-state index contributed by atoms with van der Waals surface area (Å²) in [6, 6.07) is 17.6. The zero-order valence-corrected chi connectivity index (χ0v) is 23.1. The molecule has 1 aromatic heterocycles. The van der Waals surface area contributed by atoms with Gasteiger partial charge in [-0.25, -0.2) is 0 Å². The molecule has 2 aliphatic rings. The number of hydrogen-bond donors (Lipinski definition) is 1. The Morgan fingerprint density at radius 2 is 1.79 bits per heavy atom.